The molecule has 3 nitrogen and oxygen atoms in total. The minimum absolute atomic E-state index is 0.0742. The van der Waals surface area contributed by atoms with E-state index in [2.05, 4.69) is 0 Å². The highest BCUT2D eigenvalue weighted by Crippen LogP contribution is 2.38. The average molecular weight is 429 g/mol. The number of hydrogen-bond donors (Lipinski definition) is 0. The number of carbonyl (C=O) groups excluding carboxylic acids is 1. The van der Waals surface area contributed by atoms with Gasteiger partial charge in [0.15, 0.2) is 5.76 Å². The number of Topliss-reactive ketones (excluding diaryl/α,β-unsaturated/α-hetero) is 1. The lowest BCUT2D eigenvalue weighted by Crippen LogP contribution is -2.00. The molecule has 0 bridgehead atoms. The maximum atomic E-state index is 13.8. The van der Waals surface area contributed by atoms with Crippen LogP contribution < -0.4 is 9.47 Å². The maximum absolute atomic E-state index is 13.8. The van der Waals surface area contributed by atoms with E-state index in [1.165, 1.54) is 6.07 Å². The number of fused-ring (bicyclic) bond motifs is 1. The van der Waals surface area contributed by atoms with Gasteiger partial charge in [0.1, 0.15) is 23.9 Å². The Labute approximate surface area is 177 Å². The van der Waals surface area contributed by atoms with E-state index in [1.54, 1.807) is 61.5 Å². The van der Waals surface area contributed by atoms with Gasteiger partial charge in [0, 0.05) is 11.6 Å². The standard InChI is InChI=1S/C23H15Cl2FO3/c1-13-8-16(28-12-15-4-2-3-5-19(15)26)11-20-22(13)23(27)21(29-20)10-14-6-7-17(24)18(25)9-14/h2-11H,12H2,1H3/b21-10-. The first kappa shape index (κ1) is 19.5. The van der Waals surface area contributed by atoms with Crippen LogP contribution in [0.5, 0.6) is 11.5 Å². The van der Waals surface area contributed by atoms with Crippen molar-refractivity contribution in [2.24, 2.45) is 0 Å². The van der Waals surface area contributed by atoms with Crippen LogP contribution in [0.4, 0.5) is 4.39 Å². The molecule has 1 heterocycles. The van der Waals surface area contributed by atoms with Crippen molar-refractivity contribution in [3.63, 3.8) is 0 Å². The Balaban J connectivity index is 1.58. The number of ketones is 1. The molecule has 0 radical (unpaired) electrons. The van der Waals surface area contributed by atoms with E-state index in [4.69, 9.17) is 32.7 Å². The summed E-state index contributed by atoms with van der Waals surface area (Å²) < 4.78 is 25.3. The average Bonchev–Trinajstić information content (AvgIpc) is 3.00. The third-order valence-corrected chi connectivity index (χ3v) is 5.28. The van der Waals surface area contributed by atoms with Crippen LogP contribution in [0.15, 0.2) is 60.4 Å². The van der Waals surface area contributed by atoms with Gasteiger partial charge in [-0.3, -0.25) is 4.79 Å². The van der Waals surface area contributed by atoms with Crippen LogP contribution in [0.25, 0.3) is 6.08 Å². The van der Waals surface area contributed by atoms with Crippen LogP contribution >= 0.6 is 23.2 Å². The number of aryl methyl sites for hydroxylation is 1. The van der Waals surface area contributed by atoms with Crippen LogP contribution in [-0.4, -0.2) is 5.78 Å². The fourth-order valence-electron chi connectivity index (χ4n) is 3.09. The van der Waals surface area contributed by atoms with Gasteiger partial charge in [0.2, 0.25) is 5.78 Å². The molecule has 6 heteroatoms. The summed E-state index contributed by atoms with van der Waals surface area (Å²) in [5, 5.41) is 0.826. The first-order chi connectivity index (χ1) is 13.9. The van der Waals surface area contributed by atoms with Gasteiger partial charge >= 0.3 is 0 Å². The molecule has 0 aromatic heterocycles. The van der Waals surface area contributed by atoms with Crippen molar-refractivity contribution in [2.45, 2.75) is 13.5 Å². The molecule has 0 fully saturated rings. The van der Waals surface area contributed by atoms with E-state index in [9.17, 15) is 9.18 Å². The summed E-state index contributed by atoms with van der Waals surface area (Å²) in [6.45, 7) is 1.88. The van der Waals surface area contributed by atoms with Crippen molar-refractivity contribution in [1.29, 1.82) is 0 Å². The van der Waals surface area contributed by atoms with Gasteiger partial charge in [0.25, 0.3) is 0 Å². The number of hydrogen-bond acceptors (Lipinski definition) is 3. The van der Waals surface area contributed by atoms with Gasteiger partial charge < -0.3 is 9.47 Å². The number of allylic oxidation sites excluding steroid dienone is 1. The van der Waals surface area contributed by atoms with E-state index < -0.39 is 0 Å². The molecule has 0 unspecified atom stereocenters. The zero-order chi connectivity index (χ0) is 20.5. The predicted molar refractivity (Wildman–Crippen MR) is 111 cm³/mol. The first-order valence-corrected chi connectivity index (χ1v) is 9.58. The first-order valence-electron chi connectivity index (χ1n) is 8.82. The largest absolute Gasteiger partial charge is 0.489 e. The summed E-state index contributed by atoms with van der Waals surface area (Å²) in [5.41, 5.74) is 2.34. The van der Waals surface area contributed by atoms with Crippen molar-refractivity contribution in [2.75, 3.05) is 0 Å². The van der Waals surface area contributed by atoms with Crippen LogP contribution in [-0.2, 0) is 6.61 Å². The second kappa shape index (κ2) is 7.90. The Morgan fingerprint density at radius 2 is 1.86 bits per heavy atom. The lowest BCUT2D eigenvalue weighted by Gasteiger charge is -2.09. The van der Waals surface area contributed by atoms with Gasteiger partial charge in [-0.05, 0) is 48.4 Å². The topological polar surface area (TPSA) is 35.5 Å². The second-order valence-corrected chi connectivity index (χ2v) is 7.42. The minimum atomic E-state index is -0.330. The molecular formula is C23H15Cl2FO3. The van der Waals surface area contributed by atoms with Gasteiger partial charge in [0.05, 0.1) is 15.6 Å². The molecule has 0 aliphatic carbocycles. The molecule has 0 spiro atoms. The molecule has 3 aromatic rings. The van der Waals surface area contributed by atoms with Gasteiger partial charge in [-0.15, -0.1) is 0 Å². The predicted octanol–water partition coefficient (Wildman–Crippen LogP) is 6.64. The highest BCUT2D eigenvalue weighted by atomic mass is 35.5. The second-order valence-electron chi connectivity index (χ2n) is 6.61. The number of ether oxygens (including phenoxy) is 2. The van der Waals surface area contributed by atoms with Crippen LogP contribution in [0.2, 0.25) is 10.0 Å². The van der Waals surface area contributed by atoms with Gasteiger partial charge in [-0.25, -0.2) is 4.39 Å². The number of halogens is 3. The van der Waals surface area contributed by atoms with E-state index >= 15 is 0 Å². The van der Waals surface area contributed by atoms with E-state index in [-0.39, 0.29) is 24.0 Å². The molecular weight excluding hydrogens is 414 g/mol. The highest BCUT2D eigenvalue weighted by molar-refractivity contribution is 6.42. The lowest BCUT2D eigenvalue weighted by atomic mass is 10.0. The Bertz CT molecular complexity index is 1150. The Kier molecular flexibility index (Phi) is 5.31. The maximum Gasteiger partial charge on any atom is 0.232 e. The summed E-state index contributed by atoms with van der Waals surface area (Å²) in [6.07, 6.45) is 1.61. The van der Waals surface area contributed by atoms with Crippen molar-refractivity contribution < 1.29 is 18.7 Å². The van der Waals surface area contributed by atoms with Crippen LogP contribution in [0.3, 0.4) is 0 Å². The summed E-state index contributed by atoms with van der Waals surface area (Å²) in [7, 11) is 0. The molecule has 1 aliphatic rings. The molecule has 0 saturated heterocycles. The fourth-order valence-corrected chi connectivity index (χ4v) is 3.40. The molecule has 3 aromatic carbocycles. The fraction of sp³-hybridized carbons (Fsp3) is 0.0870. The van der Waals surface area contributed by atoms with Crippen LogP contribution in [0.1, 0.15) is 27.0 Å². The van der Waals surface area contributed by atoms with Crippen molar-refractivity contribution in [1.82, 2.24) is 0 Å². The molecule has 0 saturated carbocycles. The van der Waals surface area contributed by atoms with Crippen molar-refractivity contribution in [3.05, 3.63) is 98.5 Å². The van der Waals surface area contributed by atoms with E-state index in [0.717, 1.165) is 0 Å². The molecule has 29 heavy (non-hydrogen) atoms. The van der Waals surface area contributed by atoms with Crippen molar-refractivity contribution in [3.8, 4) is 11.5 Å². The molecule has 1 aliphatic heterocycles. The van der Waals surface area contributed by atoms with Gasteiger partial charge in [-0.1, -0.05) is 47.5 Å². The smallest absolute Gasteiger partial charge is 0.232 e. The summed E-state index contributed by atoms with van der Waals surface area (Å²) >= 11 is 12.0. The lowest BCUT2D eigenvalue weighted by molar-refractivity contribution is 0.101. The molecule has 0 amide bonds. The summed E-state index contributed by atoms with van der Waals surface area (Å²) in [6, 6.07) is 14.9. The minimum Gasteiger partial charge on any atom is -0.489 e. The molecule has 0 N–H and O–H groups in total. The Morgan fingerprint density at radius 3 is 2.62 bits per heavy atom. The zero-order valence-corrected chi connectivity index (χ0v) is 16.9. The number of benzene rings is 3. The molecule has 146 valence electrons. The number of rotatable bonds is 4. The monoisotopic (exact) mass is 428 g/mol. The van der Waals surface area contributed by atoms with E-state index in [0.29, 0.717) is 43.8 Å². The summed E-state index contributed by atoms with van der Waals surface area (Å²) in [5.74, 6) is 0.540. The Morgan fingerprint density at radius 1 is 1.07 bits per heavy atom. The van der Waals surface area contributed by atoms with Crippen LogP contribution in [0, 0.1) is 12.7 Å². The van der Waals surface area contributed by atoms with Gasteiger partial charge in [-0.2, -0.15) is 0 Å². The Hall–Kier alpha value is -2.82. The SMILES string of the molecule is Cc1cc(OCc2ccccc2F)cc2c1C(=O)/C(=C/c1ccc(Cl)c(Cl)c1)O2. The third-order valence-electron chi connectivity index (χ3n) is 4.54. The third kappa shape index (κ3) is 4.00. The summed E-state index contributed by atoms with van der Waals surface area (Å²) in [4.78, 5) is 12.8. The molecule has 0 atom stereocenters. The highest BCUT2D eigenvalue weighted by Gasteiger charge is 2.30. The normalized spacial score (nSPS) is 14.1. The quantitative estimate of drug-likeness (QED) is 0.437. The zero-order valence-electron chi connectivity index (χ0n) is 15.3. The number of carbonyl (C=O) groups is 1. The van der Waals surface area contributed by atoms with Crippen molar-refractivity contribution >= 4 is 35.1 Å². The van der Waals surface area contributed by atoms with E-state index in [1.807, 2.05) is 0 Å². The molecule has 4 rings (SSSR count).